The molecule has 0 bridgehead atoms. The Hall–Kier alpha value is -2.08. The Morgan fingerprint density at radius 1 is 0.853 bits per heavy atom. The fraction of sp³-hybridized carbons (Fsp3) is 0.714. The van der Waals surface area contributed by atoms with Crippen molar-refractivity contribution in [2.24, 2.45) is 11.8 Å². The summed E-state index contributed by atoms with van der Waals surface area (Å²) in [4.78, 5) is 23.4. The molecule has 1 amide bonds. The van der Waals surface area contributed by atoms with Crippen molar-refractivity contribution in [3.8, 4) is 0 Å². The molecule has 0 aromatic heterocycles. The monoisotopic (exact) mass is 476 g/mol. The Kier molecular flexibility index (Phi) is 17.0. The number of hydrogen-bond donors (Lipinski definition) is 2. The predicted molar refractivity (Wildman–Crippen MR) is 139 cm³/mol. The van der Waals surface area contributed by atoms with Crippen LogP contribution in [-0.2, 0) is 20.7 Å². The van der Waals surface area contributed by atoms with Gasteiger partial charge in [-0.3, -0.25) is 10.1 Å². The van der Waals surface area contributed by atoms with E-state index in [0.29, 0.717) is 5.92 Å². The van der Waals surface area contributed by atoms with Gasteiger partial charge in [-0.05, 0) is 31.2 Å². The molecule has 1 aromatic carbocycles. The lowest BCUT2D eigenvalue weighted by molar-refractivity contribution is -0.148. The molecule has 1 rings (SSSR count). The van der Waals surface area contributed by atoms with Crippen LogP contribution in [0.5, 0.6) is 0 Å². The third-order valence-corrected chi connectivity index (χ3v) is 5.91. The summed E-state index contributed by atoms with van der Waals surface area (Å²) in [5.74, 6) is 0.0332. The maximum atomic E-state index is 12.0. The van der Waals surface area contributed by atoms with Gasteiger partial charge in [-0.25, -0.2) is 4.79 Å². The zero-order valence-electron chi connectivity index (χ0n) is 21.9. The molecule has 0 radical (unpaired) electrons. The van der Waals surface area contributed by atoms with Crippen molar-refractivity contribution in [1.82, 2.24) is 10.6 Å². The predicted octanol–water partition coefficient (Wildman–Crippen LogP) is 6.24. The molecule has 2 atom stereocenters. The summed E-state index contributed by atoms with van der Waals surface area (Å²) >= 11 is 0. The Morgan fingerprint density at radius 2 is 1.47 bits per heavy atom. The molecule has 34 heavy (non-hydrogen) atoms. The molecule has 194 valence electrons. The number of hydrogen-bond acceptors (Lipinski definition) is 5. The lowest BCUT2D eigenvalue weighted by Gasteiger charge is -2.22. The third-order valence-electron chi connectivity index (χ3n) is 5.91. The van der Waals surface area contributed by atoms with Crippen molar-refractivity contribution in [2.75, 3.05) is 19.8 Å². The minimum absolute atomic E-state index is 0.0477. The number of ether oxygens (including phenoxy) is 2. The topological polar surface area (TPSA) is 76.7 Å². The Balaban J connectivity index is 2.32. The van der Waals surface area contributed by atoms with E-state index >= 15 is 0 Å². The first-order valence-electron chi connectivity index (χ1n) is 13.3. The van der Waals surface area contributed by atoms with E-state index in [-0.39, 0.29) is 31.3 Å². The largest absolute Gasteiger partial charge is 0.462 e. The van der Waals surface area contributed by atoms with Crippen molar-refractivity contribution in [3.05, 3.63) is 35.9 Å². The summed E-state index contributed by atoms with van der Waals surface area (Å²) in [6, 6.07) is 10.6. The van der Waals surface area contributed by atoms with Crippen LogP contribution in [0.4, 0.5) is 4.79 Å². The van der Waals surface area contributed by atoms with Gasteiger partial charge in [0.1, 0.15) is 13.2 Å². The number of alkyl carbamates (subject to hydrolysis) is 1. The van der Waals surface area contributed by atoms with Crippen molar-refractivity contribution in [3.63, 3.8) is 0 Å². The van der Waals surface area contributed by atoms with Crippen LogP contribution < -0.4 is 10.6 Å². The van der Waals surface area contributed by atoms with Gasteiger partial charge in [0.05, 0.1) is 12.1 Å². The lowest BCUT2D eigenvalue weighted by Crippen LogP contribution is -2.45. The first-order chi connectivity index (χ1) is 16.4. The summed E-state index contributed by atoms with van der Waals surface area (Å²) in [7, 11) is 0. The maximum Gasteiger partial charge on any atom is 0.408 e. The number of carbonyl (C=O) groups is 2. The minimum atomic E-state index is -0.511. The summed E-state index contributed by atoms with van der Waals surface area (Å²) in [5.41, 5.74) is 1.35. The smallest absolute Gasteiger partial charge is 0.408 e. The van der Waals surface area contributed by atoms with E-state index in [1.165, 1.54) is 63.4 Å². The lowest BCUT2D eigenvalue weighted by atomic mass is 9.93. The average Bonchev–Trinajstić information content (AvgIpc) is 2.82. The highest BCUT2D eigenvalue weighted by molar-refractivity contribution is 5.71. The van der Waals surface area contributed by atoms with Crippen molar-refractivity contribution in [2.45, 2.75) is 98.1 Å². The summed E-state index contributed by atoms with van der Waals surface area (Å²) in [5, 5.41) is 6.23. The number of esters is 1. The van der Waals surface area contributed by atoms with Gasteiger partial charge >= 0.3 is 12.1 Å². The Bertz CT molecular complexity index is 651. The van der Waals surface area contributed by atoms with Crippen molar-refractivity contribution < 1.29 is 19.1 Å². The first-order valence-corrected chi connectivity index (χ1v) is 13.3. The number of nitrogens with one attached hydrogen (secondary N) is 2. The number of unbranched alkanes of at least 4 members (excludes halogenated alkanes) is 7. The SMILES string of the molecule is CCCCCCCCCCC(CNC(C)NC(=O)OCCOC(=O)C(C)C)Cc1ccccc1. The van der Waals surface area contributed by atoms with Gasteiger partial charge < -0.3 is 14.8 Å². The van der Waals surface area contributed by atoms with Crippen LogP contribution in [-0.4, -0.2) is 38.0 Å². The molecular weight excluding hydrogens is 428 g/mol. The molecule has 6 nitrogen and oxygen atoms in total. The second-order valence-corrected chi connectivity index (χ2v) is 9.55. The van der Waals surface area contributed by atoms with Crippen LogP contribution >= 0.6 is 0 Å². The van der Waals surface area contributed by atoms with Gasteiger partial charge in [-0.2, -0.15) is 0 Å². The van der Waals surface area contributed by atoms with Gasteiger partial charge in [-0.15, -0.1) is 0 Å². The highest BCUT2D eigenvalue weighted by Gasteiger charge is 2.14. The normalized spacial score (nSPS) is 12.9. The molecular formula is C28H48N2O4. The van der Waals surface area contributed by atoms with Crippen LogP contribution in [0, 0.1) is 11.8 Å². The summed E-state index contributed by atoms with van der Waals surface area (Å²) < 4.78 is 10.1. The van der Waals surface area contributed by atoms with Crippen LogP contribution in [0.15, 0.2) is 30.3 Å². The molecule has 6 heteroatoms. The van der Waals surface area contributed by atoms with Gasteiger partial charge in [0.2, 0.25) is 0 Å². The number of benzene rings is 1. The molecule has 0 aliphatic carbocycles. The van der Waals surface area contributed by atoms with Crippen molar-refractivity contribution in [1.29, 1.82) is 0 Å². The van der Waals surface area contributed by atoms with Gasteiger partial charge in [0, 0.05) is 6.54 Å². The quantitative estimate of drug-likeness (QED) is 0.140. The second kappa shape index (κ2) is 19.2. The molecule has 0 heterocycles. The van der Waals surface area contributed by atoms with Crippen LogP contribution in [0.1, 0.15) is 91.0 Å². The molecule has 2 unspecified atom stereocenters. The zero-order valence-corrected chi connectivity index (χ0v) is 21.9. The summed E-state index contributed by atoms with van der Waals surface area (Å²) in [6.45, 7) is 8.66. The maximum absolute atomic E-state index is 12.0. The summed E-state index contributed by atoms with van der Waals surface area (Å²) in [6.07, 6.45) is 12.1. The number of carbonyl (C=O) groups excluding carboxylic acids is 2. The Labute approximate surface area is 207 Å². The molecule has 0 aliphatic rings. The van der Waals surface area contributed by atoms with Crippen molar-refractivity contribution >= 4 is 12.1 Å². The van der Waals surface area contributed by atoms with E-state index in [4.69, 9.17) is 9.47 Å². The highest BCUT2D eigenvalue weighted by atomic mass is 16.6. The van der Waals surface area contributed by atoms with Crippen LogP contribution in [0.2, 0.25) is 0 Å². The van der Waals surface area contributed by atoms with Crippen LogP contribution in [0.3, 0.4) is 0 Å². The number of amides is 1. The number of rotatable bonds is 19. The van der Waals surface area contributed by atoms with E-state index in [1.807, 2.05) is 6.92 Å². The molecule has 0 aliphatic heterocycles. The molecule has 0 spiro atoms. The minimum Gasteiger partial charge on any atom is -0.462 e. The second-order valence-electron chi connectivity index (χ2n) is 9.55. The van der Waals surface area contributed by atoms with E-state index < -0.39 is 6.09 Å². The first kappa shape index (κ1) is 30.0. The molecule has 1 aromatic rings. The third kappa shape index (κ3) is 15.7. The van der Waals surface area contributed by atoms with Crippen LogP contribution in [0.25, 0.3) is 0 Å². The molecule has 0 saturated carbocycles. The fourth-order valence-corrected chi connectivity index (χ4v) is 3.85. The standard InChI is InChI=1S/C28H48N2O4/c1-5-6-7-8-9-10-11-13-18-26(21-25-16-14-12-15-17-25)22-29-24(4)30-28(32)34-20-19-33-27(31)23(2)3/h12,14-17,23-24,26,29H,5-11,13,18-22H2,1-4H3,(H,30,32). The highest BCUT2D eigenvalue weighted by Crippen LogP contribution is 2.17. The van der Waals surface area contributed by atoms with Gasteiger partial charge in [-0.1, -0.05) is 102 Å². The van der Waals surface area contributed by atoms with E-state index in [1.54, 1.807) is 13.8 Å². The van der Waals surface area contributed by atoms with E-state index in [2.05, 4.69) is 47.9 Å². The zero-order chi connectivity index (χ0) is 25.0. The average molecular weight is 477 g/mol. The molecule has 0 saturated heterocycles. The van der Waals surface area contributed by atoms with Gasteiger partial charge in [0.15, 0.2) is 0 Å². The fourth-order valence-electron chi connectivity index (χ4n) is 3.85. The van der Waals surface area contributed by atoms with E-state index in [9.17, 15) is 9.59 Å². The van der Waals surface area contributed by atoms with E-state index in [0.717, 1.165) is 13.0 Å². The van der Waals surface area contributed by atoms with Gasteiger partial charge in [0.25, 0.3) is 0 Å². The molecule has 0 fully saturated rings. The Morgan fingerprint density at radius 3 is 2.12 bits per heavy atom. The molecule has 2 N–H and O–H groups in total.